The Hall–Kier alpha value is -2.15. The first-order valence-corrected chi connectivity index (χ1v) is 6.37. The number of rotatable bonds is 8. The molecule has 0 spiro atoms. The molecule has 0 fully saturated rings. The lowest BCUT2D eigenvalue weighted by Gasteiger charge is -2.09. The van der Waals surface area contributed by atoms with Crippen LogP contribution in [0.1, 0.15) is 18.9 Å². The van der Waals surface area contributed by atoms with E-state index in [9.17, 15) is 14.9 Å². The van der Waals surface area contributed by atoms with E-state index >= 15 is 0 Å². The lowest BCUT2D eigenvalue weighted by atomic mass is 10.1. The van der Waals surface area contributed by atoms with E-state index in [0.717, 1.165) is 0 Å². The quantitative estimate of drug-likeness (QED) is 0.424. The van der Waals surface area contributed by atoms with Gasteiger partial charge in [0.25, 0.3) is 5.69 Å². The topological polar surface area (TPSA) is 93.5 Å². The number of nitro groups is 1. The Labute approximate surface area is 117 Å². The van der Waals surface area contributed by atoms with Crippen LogP contribution in [0.5, 0.6) is 5.75 Å². The van der Waals surface area contributed by atoms with Crippen LogP contribution in [-0.2, 0) is 11.3 Å². The van der Waals surface area contributed by atoms with Crippen LogP contribution in [-0.4, -0.2) is 31.0 Å². The predicted molar refractivity (Wildman–Crippen MR) is 74.7 cm³/mol. The molecule has 0 saturated carbocycles. The summed E-state index contributed by atoms with van der Waals surface area (Å²) in [6.45, 7) is 3.37. The second kappa shape index (κ2) is 8.11. The number of carbonyl (C=O) groups is 1. The van der Waals surface area contributed by atoms with Gasteiger partial charge in [-0.15, -0.1) is 0 Å². The molecule has 0 saturated heterocycles. The highest BCUT2D eigenvalue weighted by Gasteiger charge is 2.11. The van der Waals surface area contributed by atoms with Crippen molar-refractivity contribution in [1.29, 1.82) is 0 Å². The first-order valence-electron chi connectivity index (χ1n) is 6.37. The van der Waals surface area contributed by atoms with Crippen molar-refractivity contribution < 1.29 is 14.5 Å². The molecule has 7 heteroatoms. The van der Waals surface area contributed by atoms with Gasteiger partial charge in [-0.25, -0.2) is 0 Å². The van der Waals surface area contributed by atoms with Crippen LogP contribution in [0, 0.1) is 10.1 Å². The standard InChI is InChI=1S/C13H19N3O4/c1-3-15-13(17)6-7-14-9-10-8-11(16(18)19)4-5-12(10)20-2/h4-5,8,14H,3,6-7,9H2,1-2H3,(H,15,17). The third kappa shape index (κ3) is 4.85. The van der Waals surface area contributed by atoms with Gasteiger partial charge >= 0.3 is 0 Å². The molecule has 0 radical (unpaired) electrons. The van der Waals surface area contributed by atoms with E-state index in [-0.39, 0.29) is 11.6 Å². The molecule has 1 aromatic rings. The molecule has 1 rings (SSSR count). The smallest absolute Gasteiger partial charge is 0.270 e. The van der Waals surface area contributed by atoms with Gasteiger partial charge in [-0.3, -0.25) is 14.9 Å². The molecule has 1 aromatic carbocycles. The average molecular weight is 281 g/mol. The van der Waals surface area contributed by atoms with E-state index in [1.165, 1.54) is 19.2 Å². The summed E-state index contributed by atoms with van der Waals surface area (Å²) >= 11 is 0. The maximum Gasteiger partial charge on any atom is 0.270 e. The molecule has 0 aliphatic carbocycles. The molecule has 2 N–H and O–H groups in total. The zero-order valence-corrected chi connectivity index (χ0v) is 11.6. The number of amides is 1. The van der Waals surface area contributed by atoms with Crippen LogP contribution >= 0.6 is 0 Å². The number of ether oxygens (including phenoxy) is 1. The number of benzene rings is 1. The summed E-state index contributed by atoms with van der Waals surface area (Å²) in [6, 6.07) is 4.44. The maximum absolute atomic E-state index is 11.3. The number of hydrogen-bond donors (Lipinski definition) is 2. The van der Waals surface area contributed by atoms with Crippen molar-refractivity contribution in [3.05, 3.63) is 33.9 Å². The average Bonchev–Trinajstić information content (AvgIpc) is 2.43. The number of nitrogens with one attached hydrogen (secondary N) is 2. The molecule has 0 heterocycles. The first kappa shape index (κ1) is 15.9. The molecular formula is C13H19N3O4. The van der Waals surface area contributed by atoms with Crippen molar-refractivity contribution in [3.63, 3.8) is 0 Å². The van der Waals surface area contributed by atoms with Crippen molar-refractivity contribution >= 4 is 11.6 Å². The van der Waals surface area contributed by atoms with Gasteiger partial charge in [0.15, 0.2) is 0 Å². The minimum Gasteiger partial charge on any atom is -0.496 e. The van der Waals surface area contributed by atoms with E-state index < -0.39 is 4.92 Å². The fourth-order valence-corrected chi connectivity index (χ4v) is 1.73. The van der Waals surface area contributed by atoms with Crippen molar-refractivity contribution in [3.8, 4) is 5.75 Å². The summed E-state index contributed by atoms with van der Waals surface area (Å²) in [5.74, 6) is 0.562. The summed E-state index contributed by atoms with van der Waals surface area (Å²) in [5, 5.41) is 16.5. The number of nitro benzene ring substituents is 1. The minimum atomic E-state index is -0.447. The van der Waals surface area contributed by atoms with Crippen LogP contribution in [0.25, 0.3) is 0 Å². The number of non-ortho nitro benzene ring substituents is 1. The van der Waals surface area contributed by atoms with Crippen LogP contribution in [0.2, 0.25) is 0 Å². The van der Waals surface area contributed by atoms with Crippen molar-refractivity contribution in [2.24, 2.45) is 0 Å². The minimum absolute atomic E-state index is 0.0197. The summed E-state index contributed by atoms with van der Waals surface area (Å²) in [5.41, 5.74) is 0.712. The third-order valence-corrected chi connectivity index (χ3v) is 2.69. The Bertz CT molecular complexity index is 477. The lowest BCUT2D eigenvalue weighted by molar-refractivity contribution is -0.384. The van der Waals surface area contributed by atoms with Crippen molar-refractivity contribution in [2.75, 3.05) is 20.2 Å². The molecule has 0 bridgehead atoms. The predicted octanol–water partition coefficient (Wildman–Crippen LogP) is 1.22. The Morgan fingerprint density at radius 1 is 1.45 bits per heavy atom. The van der Waals surface area contributed by atoms with E-state index in [0.29, 0.717) is 37.4 Å². The normalized spacial score (nSPS) is 10.1. The molecule has 0 aliphatic heterocycles. The van der Waals surface area contributed by atoms with Gasteiger partial charge in [0, 0.05) is 43.8 Å². The molecule has 0 atom stereocenters. The second-order valence-corrected chi connectivity index (χ2v) is 4.13. The van der Waals surface area contributed by atoms with E-state index in [1.54, 1.807) is 6.07 Å². The highest BCUT2D eigenvalue weighted by Crippen LogP contribution is 2.23. The van der Waals surface area contributed by atoms with E-state index in [2.05, 4.69) is 10.6 Å². The number of carbonyl (C=O) groups excluding carboxylic acids is 1. The zero-order chi connectivity index (χ0) is 15.0. The molecule has 110 valence electrons. The van der Waals surface area contributed by atoms with Crippen LogP contribution < -0.4 is 15.4 Å². The van der Waals surface area contributed by atoms with Crippen LogP contribution in [0.3, 0.4) is 0 Å². The Morgan fingerprint density at radius 3 is 2.80 bits per heavy atom. The maximum atomic E-state index is 11.3. The monoisotopic (exact) mass is 281 g/mol. The lowest BCUT2D eigenvalue weighted by Crippen LogP contribution is -2.27. The van der Waals surface area contributed by atoms with Gasteiger partial charge in [0.2, 0.25) is 5.91 Å². The highest BCUT2D eigenvalue weighted by molar-refractivity contribution is 5.75. The van der Waals surface area contributed by atoms with Gasteiger partial charge in [-0.1, -0.05) is 0 Å². The number of hydrogen-bond acceptors (Lipinski definition) is 5. The number of methoxy groups -OCH3 is 1. The van der Waals surface area contributed by atoms with Crippen LogP contribution in [0.4, 0.5) is 5.69 Å². The van der Waals surface area contributed by atoms with Crippen molar-refractivity contribution in [2.45, 2.75) is 19.9 Å². The van der Waals surface area contributed by atoms with Gasteiger partial charge in [0.1, 0.15) is 5.75 Å². The SMILES string of the molecule is CCNC(=O)CCNCc1cc([N+](=O)[O-])ccc1OC. The Balaban J connectivity index is 2.55. The molecule has 1 amide bonds. The van der Waals surface area contributed by atoms with Crippen molar-refractivity contribution in [1.82, 2.24) is 10.6 Å². The molecule has 7 nitrogen and oxygen atoms in total. The zero-order valence-electron chi connectivity index (χ0n) is 11.6. The fraction of sp³-hybridized carbons (Fsp3) is 0.462. The van der Waals surface area contributed by atoms with Gasteiger partial charge < -0.3 is 15.4 Å². The van der Waals surface area contributed by atoms with Gasteiger partial charge in [-0.05, 0) is 13.0 Å². The summed E-state index contributed by atoms with van der Waals surface area (Å²) in [7, 11) is 1.51. The largest absolute Gasteiger partial charge is 0.496 e. The number of nitrogens with zero attached hydrogens (tertiary/aromatic N) is 1. The van der Waals surface area contributed by atoms with Gasteiger partial charge in [-0.2, -0.15) is 0 Å². The molecule has 0 aliphatic rings. The molecular weight excluding hydrogens is 262 g/mol. The summed E-state index contributed by atoms with van der Waals surface area (Å²) < 4.78 is 5.15. The molecule has 20 heavy (non-hydrogen) atoms. The summed E-state index contributed by atoms with van der Waals surface area (Å²) in [6.07, 6.45) is 0.366. The molecule has 0 unspecified atom stereocenters. The third-order valence-electron chi connectivity index (χ3n) is 2.69. The summed E-state index contributed by atoms with van der Waals surface area (Å²) in [4.78, 5) is 21.5. The Morgan fingerprint density at radius 2 is 2.20 bits per heavy atom. The fourth-order valence-electron chi connectivity index (χ4n) is 1.73. The van der Waals surface area contributed by atoms with E-state index in [1.807, 2.05) is 6.92 Å². The van der Waals surface area contributed by atoms with Gasteiger partial charge in [0.05, 0.1) is 12.0 Å². The van der Waals surface area contributed by atoms with Crippen LogP contribution in [0.15, 0.2) is 18.2 Å². The first-order chi connectivity index (χ1) is 9.58. The highest BCUT2D eigenvalue weighted by atomic mass is 16.6. The second-order valence-electron chi connectivity index (χ2n) is 4.13. The molecule has 0 aromatic heterocycles. The Kier molecular flexibility index (Phi) is 6.45. The van der Waals surface area contributed by atoms with E-state index in [4.69, 9.17) is 4.74 Å².